The van der Waals surface area contributed by atoms with Crippen LogP contribution in [0.1, 0.15) is 43.9 Å². The van der Waals surface area contributed by atoms with Crippen molar-refractivity contribution in [2.45, 2.75) is 45.2 Å². The highest BCUT2D eigenvalue weighted by Gasteiger charge is 2.31. The highest BCUT2D eigenvalue weighted by molar-refractivity contribution is 5.27. The van der Waals surface area contributed by atoms with Gasteiger partial charge in [0.15, 0.2) is 0 Å². The minimum absolute atomic E-state index is 0.300. The molecule has 0 unspecified atom stereocenters. The van der Waals surface area contributed by atoms with E-state index in [9.17, 15) is 0 Å². The topological polar surface area (TPSA) is 29.3 Å². The molecular formula is C15H24N2. The molecule has 0 bridgehead atoms. The quantitative estimate of drug-likeness (QED) is 0.865. The van der Waals surface area contributed by atoms with Crippen molar-refractivity contribution >= 4 is 0 Å². The molecule has 2 nitrogen and oxygen atoms in total. The Morgan fingerprint density at radius 2 is 1.94 bits per heavy atom. The van der Waals surface area contributed by atoms with Gasteiger partial charge in [-0.15, -0.1) is 0 Å². The van der Waals surface area contributed by atoms with Crippen molar-refractivity contribution in [3.63, 3.8) is 0 Å². The Morgan fingerprint density at radius 3 is 2.53 bits per heavy atom. The lowest BCUT2D eigenvalue weighted by Gasteiger charge is -2.26. The lowest BCUT2D eigenvalue weighted by Crippen LogP contribution is -2.32. The van der Waals surface area contributed by atoms with Gasteiger partial charge in [-0.25, -0.2) is 0 Å². The van der Waals surface area contributed by atoms with Crippen molar-refractivity contribution in [3.8, 4) is 0 Å². The number of rotatable bonds is 4. The summed E-state index contributed by atoms with van der Waals surface area (Å²) in [5.41, 5.74) is 9.06. The summed E-state index contributed by atoms with van der Waals surface area (Å²) in [4.78, 5) is 2.53. The number of benzene rings is 1. The molecule has 1 aliphatic heterocycles. The molecule has 1 aromatic carbocycles. The van der Waals surface area contributed by atoms with Crippen molar-refractivity contribution in [2.75, 3.05) is 13.1 Å². The molecule has 0 aromatic heterocycles. The summed E-state index contributed by atoms with van der Waals surface area (Å²) in [5.74, 6) is 0. The first kappa shape index (κ1) is 12.6. The maximum Gasteiger partial charge on any atom is 0.0499 e. The monoisotopic (exact) mass is 232 g/mol. The van der Waals surface area contributed by atoms with Crippen molar-refractivity contribution in [1.82, 2.24) is 4.90 Å². The molecule has 0 saturated carbocycles. The third kappa shape index (κ3) is 2.70. The molecule has 1 heterocycles. The molecule has 2 rings (SSSR count). The third-order valence-corrected chi connectivity index (χ3v) is 3.79. The zero-order valence-corrected chi connectivity index (χ0v) is 11.0. The first-order valence-electron chi connectivity index (χ1n) is 6.84. The van der Waals surface area contributed by atoms with Crippen LogP contribution in [0.3, 0.4) is 0 Å². The van der Waals surface area contributed by atoms with Crippen LogP contribution in [0.5, 0.6) is 0 Å². The lowest BCUT2D eigenvalue weighted by atomic mass is 9.99. The summed E-state index contributed by atoms with van der Waals surface area (Å²) in [6.07, 6.45) is 3.44. The number of hydrogen-bond donors (Lipinski definition) is 1. The first-order chi connectivity index (χ1) is 8.26. The van der Waals surface area contributed by atoms with Crippen LogP contribution < -0.4 is 5.73 Å². The molecule has 0 amide bonds. The second kappa shape index (κ2) is 5.65. The molecule has 2 heteroatoms. The summed E-state index contributed by atoms with van der Waals surface area (Å²) in [6.45, 7) is 6.74. The standard InChI is InChI=1S/C15H24N2/c1-3-10-17-11-9-14(16)15(17)13-7-5-12(4-2)6-8-13/h5-8,14-15H,3-4,9-11,16H2,1-2H3/t14-,15+/m0/s1. The number of aryl methyl sites for hydroxylation is 1. The smallest absolute Gasteiger partial charge is 0.0499 e. The van der Waals surface area contributed by atoms with E-state index in [0.717, 1.165) is 25.9 Å². The third-order valence-electron chi connectivity index (χ3n) is 3.79. The van der Waals surface area contributed by atoms with Crippen LogP contribution in [-0.2, 0) is 6.42 Å². The van der Waals surface area contributed by atoms with Gasteiger partial charge >= 0.3 is 0 Å². The molecule has 17 heavy (non-hydrogen) atoms. The second-order valence-corrected chi connectivity index (χ2v) is 5.03. The van der Waals surface area contributed by atoms with Crippen molar-refractivity contribution in [2.24, 2.45) is 5.73 Å². The van der Waals surface area contributed by atoms with Gasteiger partial charge in [-0.3, -0.25) is 4.90 Å². The maximum absolute atomic E-state index is 6.26. The lowest BCUT2D eigenvalue weighted by molar-refractivity contribution is 0.248. The average molecular weight is 232 g/mol. The minimum Gasteiger partial charge on any atom is -0.326 e. The summed E-state index contributed by atoms with van der Waals surface area (Å²) >= 11 is 0. The number of nitrogens with two attached hydrogens (primary N) is 1. The Hall–Kier alpha value is -0.860. The first-order valence-corrected chi connectivity index (χ1v) is 6.84. The second-order valence-electron chi connectivity index (χ2n) is 5.03. The van der Waals surface area contributed by atoms with Crippen LogP contribution in [0.25, 0.3) is 0 Å². The molecule has 1 aromatic rings. The molecule has 2 N–H and O–H groups in total. The number of likely N-dealkylation sites (tertiary alicyclic amines) is 1. The van der Waals surface area contributed by atoms with E-state index in [2.05, 4.69) is 43.0 Å². The van der Waals surface area contributed by atoms with E-state index in [4.69, 9.17) is 5.73 Å². The van der Waals surface area contributed by atoms with Gasteiger partial charge in [-0.2, -0.15) is 0 Å². The molecule has 2 atom stereocenters. The molecule has 0 radical (unpaired) electrons. The van der Waals surface area contributed by atoms with Crippen molar-refractivity contribution in [1.29, 1.82) is 0 Å². The fraction of sp³-hybridized carbons (Fsp3) is 0.600. The zero-order chi connectivity index (χ0) is 12.3. The van der Waals surface area contributed by atoms with Gasteiger partial charge in [0.25, 0.3) is 0 Å². The van der Waals surface area contributed by atoms with Crippen LogP contribution in [0, 0.1) is 0 Å². The molecular weight excluding hydrogens is 208 g/mol. The van der Waals surface area contributed by atoms with Crippen LogP contribution in [0.15, 0.2) is 24.3 Å². The molecule has 1 aliphatic rings. The summed E-state index contributed by atoms with van der Waals surface area (Å²) in [6, 6.07) is 9.74. The maximum atomic E-state index is 6.26. The van der Waals surface area contributed by atoms with E-state index in [1.54, 1.807) is 0 Å². The predicted octanol–water partition coefficient (Wildman–Crippen LogP) is 2.73. The van der Waals surface area contributed by atoms with E-state index in [1.807, 2.05) is 0 Å². The van der Waals surface area contributed by atoms with Crippen LogP contribution >= 0.6 is 0 Å². The Labute approximate surface area is 105 Å². The molecule has 94 valence electrons. The summed E-state index contributed by atoms with van der Waals surface area (Å²) < 4.78 is 0. The Morgan fingerprint density at radius 1 is 1.24 bits per heavy atom. The number of hydrogen-bond acceptors (Lipinski definition) is 2. The van der Waals surface area contributed by atoms with E-state index in [1.165, 1.54) is 17.5 Å². The average Bonchev–Trinajstić information content (AvgIpc) is 2.71. The fourth-order valence-corrected chi connectivity index (χ4v) is 2.83. The highest BCUT2D eigenvalue weighted by Crippen LogP contribution is 2.31. The van der Waals surface area contributed by atoms with Gasteiger partial charge in [0.2, 0.25) is 0 Å². The van der Waals surface area contributed by atoms with Gasteiger partial charge in [0, 0.05) is 18.6 Å². The predicted molar refractivity (Wildman–Crippen MR) is 73.0 cm³/mol. The van der Waals surface area contributed by atoms with Gasteiger partial charge < -0.3 is 5.73 Å². The van der Waals surface area contributed by atoms with E-state index < -0.39 is 0 Å². The normalized spacial score (nSPS) is 25.4. The van der Waals surface area contributed by atoms with Crippen LogP contribution in [0.4, 0.5) is 0 Å². The van der Waals surface area contributed by atoms with E-state index in [-0.39, 0.29) is 0 Å². The number of nitrogens with zero attached hydrogens (tertiary/aromatic N) is 1. The van der Waals surface area contributed by atoms with Gasteiger partial charge in [0.05, 0.1) is 0 Å². The summed E-state index contributed by atoms with van der Waals surface area (Å²) in [7, 11) is 0. The van der Waals surface area contributed by atoms with E-state index in [0.29, 0.717) is 12.1 Å². The van der Waals surface area contributed by atoms with Crippen LogP contribution in [0.2, 0.25) is 0 Å². The van der Waals surface area contributed by atoms with Gasteiger partial charge in [-0.05, 0) is 36.9 Å². The Balaban J connectivity index is 2.17. The Kier molecular flexibility index (Phi) is 4.19. The molecule has 0 spiro atoms. The highest BCUT2D eigenvalue weighted by atomic mass is 15.2. The van der Waals surface area contributed by atoms with Crippen LogP contribution in [-0.4, -0.2) is 24.0 Å². The SMILES string of the molecule is CCCN1CC[C@H](N)[C@H]1c1ccc(CC)cc1. The fourth-order valence-electron chi connectivity index (χ4n) is 2.83. The molecule has 1 fully saturated rings. The van der Waals surface area contributed by atoms with Crippen molar-refractivity contribution in [3.05, 3.63) is 35.4 Å². The molecule has 0 aliphatic carbocycles. The van der Waals surface area contributed by atoms with Crippen molar-refractivity contribution < 1.29 is 0 Å². The zero-order valence-electron chi connectivity index (χ0n) is 11.0. The van der Waals surface area contributed by atoms with Gasteiger partial charge in [0.1, 0.15) is 0 Å². The minimum atomic E-state index is 0.300. The van der Waals surface area contributed by atoms with E-state index >= 15 is 0 Å². The molecule has 1 saturated heterocycles. The van der Waals surface area contributed by atoms with Gasteiger partial charge in [-0.1, -0.05) is 38.1 Å². The Bertz CT molecular complexity index is 342. The largest absolute Gasteiger partial charge is 0.326 e. The summed E-state index contributed by atoms with van der Waals surface area (Å²) in [5, 5.41) is 0.